The molecule has 5 heterocycles. The first kappa shape index (κ1) is 22.5. The van der Waals surface area contributed by atoms with Crippen LogP contribution in [0.4, 0.5) is 0 Å². The molecule has 0 spiro atoms. The normalized spacial score (nSPS) is 22.9. The van der Waals surface area contributed by atoms with Crippen LogP contribution in [0.3, 0.4) is 0 Å². The lowest BCUT2D eigenvalue weighted by Crippen LogP contribution is -2.49. The molecule has 2 saturated heterocycles. The number of ether oxygens (including phenoxy) is 2. The van der Waals surface area contributed by atoms with Crippen LogP contribution in [0.2, 0.25) is 4.34 Å². The van der Waals surface area contributed by atoms with Gasteiger partial charge in [0.25, 0.3) is 10.0 Å². The second kappa shape index (κ2) is 8.83. The Hall–Kier alpha value is -2.27. The van der Waals surface area contributed by atoms with Crippen molar-refractivity contribution < 1.29 is 17.9 Å². The molecule has 0 N–H and O–H groups in total. The summed E-state index contributed by atoms with van der Waals surface area (Å²) < 4.78 is 41.1. The SMILES string of the molecule is Cc1ncccc1Oc1ncnc(OC2C[C@H]3CC[C@@H](C2)N3S(=O)(=O)c2ccc(Cl)s2)c1C. The number of sulfonamides is 1. The third-order valence-electron chi connectivity index (χ3n) is 6.14. The summed E-state index contributed by atoms with van der Waals surface area (Å²) in [7, 11) is -3.57. The summed E-state index contributed by atoms with van der Waals surface area (Å²) in [5.41, 5.74) is 1.45. The van der Waals surface area contributed by atoms with Gasteiger partial charge in [0.1, 0.15) is 16.6 Å². The zero-order chi connectivity index (χ0) is 23.2. The van der Waals surface area contributed by atoms with E-state index >= 15 is 0 Å². The number of thiophene rings is 1. The van der Waals surface area contributed by atoms with Crippen LogP contribution in [0.5, 0.6) is 17.5 Å². The van der Waals surface area contributed by atoms with Crippen molar-refractivity contribution in [2.45, 2.75) is 61.9 Å². The number of rotatable bonds is 6. The van der Waals surface area contributed by atoms with E-state index in [2.05, 4.69) is 15.0 Å². The van der Waals surface area contributed by atoms with Gasteiger partial charge in [-0.2, -0.15) is 4.31 Å². The summed E-state index contributed by atoms with van der Waals surface area (Å²) in [4.78, 5) is 12.8. The van der Waals surface area contributed by atoms with E-state index < -0.39 is 10.0 Å². The molecule has 2 bridgehead atoms. The van der Waals surface area contributed by atoms with E-state index in [9.17, 15) is 8.42 Å². The highest BCUT2D eigenvalue weighted by molar-refractivity contribution is 7.91. The van der Waals surface area contributed by atoms with E-state index in [1.165, 1.54) is 6.33 Å². The van der Waals surface area contributed by atoms with Crippen molar-refractivity contribution in [2.75, 3.05) is 0 Å². The number of hydrogen-bond acceptors (Lipinski definition) is 8. The zero-order valence-electron chi connectivity index (χ0n) is 18.1. The molecule has 174 valence electrons. The number of nitrogens with zero attached hydrogens (tertiary/aromatic N) is 4. The Morgan fingerprint density at radius 1 is 1.06 bits per heavy atom. The standard InChI is InChI=1S/C22H23ClN4O4S2/c1-13-21(25-12-26-22(13)31-18-4-3-9-24-14(18)2)30-17-10-15-5-6-16(11-17)27(15)33(28,29)20-8-7-19(23)32-20/h3-4,7-9,12,15-17H,5-6,10-11H2,1-2H3/t15-,16+,17?. The van der Waals surface area contributed by atoms with E-state index in [0.29, 0.717) is 44.5 Å². The van der Waals surface area contributed by atoms with Crippen LogP contribution < -0.4 is 9.47 Å². The highest BCUT2D eigenvalue weighted by Gasteiger charge is 2.48. The van der Waals surface area contributed by atoms with E-state index in [1.807, 2.05) is 19.9 Å². The lowest BCUT2D eigenvalue weighted by Gasteiger charge is -2.37. The van der Waals surface area contributed by atoms with E-state index in [0.717, 1.165) is 29.9 Å². The van der Waals surface area contributed by atoms with Gasteiger partial charge in [-0.15, -0.1) is 11.3 Å². The average Bonchev–Trinajstić information content (AvgIpc) is 3.34. The van der Waals surface area contributed by atoms with Crippen molar-refractivity contribution >= 4 is 33.0 Å². The number of fused-ring (bicyclic) bond motifs is 2. The predicted octanol–water partition coefficient (Wildman–Crippen LogP) is 4.76. The molecule has 3 aromatic heterocycles. The number of pyridine rings is 1. The van der Waals surface area contributed by atoms with Crippen molar-refractivity contribution in [1.82, 2.24) is 19.3 Å². The molecule has 2 aliphatic rings. The fourth-order valence-electron chi connectivity index (χ4n) is 4.59. The van der Waals surface area contributed by atoms with Crippen LogP contribution in [-0.4, -0.2) is 45.9 Å². The first-order valence-electron chi connectivity index (χ1n) is 10.7. The number of hydrogen-bond donors (Lipinski definition) is 0. The van der Waals surface area contributed by atoms with Crippen LogP contribution in [0.1, 0.15) is 36.9 Å². The van der Waals surface area contributed by atoms with E-state index in [4.69, 9.17) is 21.1 Å². The summed E-state index contributed by atoms with van der Waals surface area (Å²) in [6.45, 7) is 3.72. The minimum Gasteiger partial charge on any atom is -0.474 e. The van der Waals surface area contributed by atoms with Crippen molar-refractivity contribution in [3.63, 3.8) is 0 Å². The summed E-state index contributed by atoms with van der Waals surface area (Å²) in [5, 5.41) is 0. The molecule has 0 aliphatic carbocycles. The molecular weight excluding hydrogens is 484 g/mol. The second-order valence-electron chi connectivity index (χ2n) is 8.29. The highest BCUT2D eigenvalue weighted by atomic mass is 35.5. The molecule has 8 nitrogen and oxygen atoms in total. The van der Waals surface area contributed by atoms with Crippen molar-refractivity contribution in [3.8, 4) is 17.5 Å². The average molecular weight is 507 g/mol. The summed E-state index contributed by atoms with van der Waals surface area (Å²) in [6, 6.07) is 6.64. The van der Waals surface area contributed by atoms with E-state index in [1.54, 1.807) is 28.7 Å². The topological polar surface area (TPSA) is 94.5 Å². The van der Waals surface area contributed by atoms with Crippen LogP contribution in [-0.2, 0) is 10.0 Å². The van der Waals surface area contributed by atoms with Gasteiger partial charge in [-0.1, -0.05) is 11.6 Å². The van der Waals surface area contributed by atoms with E-state index in [-0.39, 0.29) is 18.2 Å². The molecule has 0 saturated carbocycles. The molecule has 3 aromatic rings. The number of aryl methyl sites for hydroxylation is 1. The molecule has 2 fully saturated rings. The smallest absolute Gasteiger partial charge is 0.253 e. The molecule has 0 aromatic carbocycles. The monoisotopic (exact) mass is 506 g/mol. The van der Waals surface area contributed by atoms with Gasteiger partial charge in [-0.25, -0.2) is 18.4 Å². The van der Waals surface area contributed by atoms with Gasteiger partial charge in [-0.05, 0) is 51.0 Å². The Morgan fingerprint density at radius 2 is 1.79 bits per heavy atom. The Bertz CT molecular complexity index is 1270. The Balaban J connectivity index is 1.32. The third kappa shape index (κ3) is 4.32. The molecule has 0 radical (unpaired) electrons. The van der Waals surface area contributed by atoms with Gasteiger partial charge in [0.15, 0.2) is 5.75 Å². The second-order valence-corrected chi connectivity index (χ2v) is 12.1. The summed E-state index contributed by atoms with van der Waals surface area (Å²) in [6.07, 6.45) is 5.84. The summed E-state index contributed by atoms with van der Waals surface area (Å²) >= 11 is 7.08. The fourth-order valence-corrected chi connectivity index (χ4v) is 8.07. The molecule has 33 heavy (non-hydrogen) atoms. The van der Waals surface area contributed by atoms with Gasteiger partial charge in [0.2, 0.25) is 11.8 Å². The molecule has 3 atom stereocenters. The predicted molar refractivity (Wildman–Crippen MR) is 125 cm³/mol. The quantitative estimate of drug-likeness (QED) is 0.475. The van der Waals surface area contributed by atoms with Crippen LogP contribution in [0.25, 0.3) is 0 Å². The Morgan fingerprint density at radius 3 is 2.45 bits per heavy atom. The minimum absolute atomic E-state index is 0.101. The Labute approximate surface area is 201 Å². The molecule has 1 unspecified atom stereocenters. The van der Waals surface area contributed by atoms with Gasteiger partial charge in [-0.3, -0.25) is 4.98 Å². The van der Waals surface area contributed by atoms with Crippen molar-refractivity contribution in [1.29, 1.82) is 0 Å². The third-order valence-corrected chi connectivity index (χ3v) is 9.84. The molecule has 5 rings (SSSR count). The molecular formula is C22H23ClN4O4S2. The van der Waals surface area contributed by atoms with Crippen LogP contribution in [0, 0.1) is 13.8 Å². The maximum Gasteiger partial charge on any atom is 0.253 e. The van der Waals surface area contributed by atoms with Gasteiger partial charge in [0.05, 0.1) is 15.6 Å². The fraction of sp³-hybridized carbons (Fsp3) is 0.409. The van der Waals surface area contributed by atoms with Crippen LogP contribution >= 0.6 is 22.9 Å². The van der Waals surface area contributed by atoms with Crippen LogP contribution in [0.15, 0.2) is 41.0 Å². The van der Waals surface area contributed by atoms with Crippen molar-refractivity contribution in [2.24, 2.45) is 0 Å². The number of halogens is 1. The minimum atomic E-state index is -3.57. The van der Waals surface area contributed by atoms with Crippen molar-refractivity contribution in [3.05, 3.63) is 52.4 Å². The number of aromatic nitrogens is 3. The lowest BCUT2D eigenvalue weighted by molar-refractivity contribution is 0.0908. The first-order valence-corrected chi connectivity index (χ1v) is 13.3. The summed E-state index contributed by atoms with van der Waals surface area (Å²) in [5.74, 6) is 1.48. The first-order chi connectivity index (χ1) is 15.8. The largest absolute Gasteiger partial charge is 0.474 e. The zero-order valence-corrected chi connectivity index (χ0v) is 20.5. The Kier molecular flexibility index (Phi) is 6.02. The molecule has 0 amide bonds. The van der Waals surface area contributed by atoms with Gasteiger partial charge >= 0.3 is 0 Å². The maximum absolute atomic E-state index is 13.2. The number of piperidine rings is 1. The molecule has 2 aliphatic heterocycles. The van der Waals surface area contributed by atoms with Gasteiger partial charge in [0, 0.05) is 31.1 Å². The molecule has 11 heteroatoms. The van der Waals surface area contributed by atoms with Gasteiger partial charge < -0.3 is 9.47 Å². The maximum atomic E-state index is 13.2. The highest BCUT2D eigenvalue weighted by Crippen LogP contribution is 2.42. The lowest BCUT2D eigenvalue weighted by atomic mass is 10.0.